The zero-order chi connectivity index (χ0) is 26.5. The van der Waals surface area contributed by atoms with Crippen LogP contribution in [0, 0.1) is 11.8 Å². The zero-order valence-corrected chi connectivity index (χ0v) is 24.1. The van der Waals surface area contributed by atoms with E-state index in [-0.39, 0.29) is 0 Å². The second kappa shape index (κ2) is 12.8. The lowest BCUT2D eigenvalue weighted by molar-refractivity contribution is 0.0699. The molecule has 3 fully saturated rings. The van der Waals surface area contributed by atoms with Crippen LogP contribution in [0.15, 0.2) is 24.4 Å². The summed E-state index contributed by atoms with van der Waals surface area (Å²) in [5.74, 6) is 2.59. The van der Waals surface area contributed by atoms with Gasteiger partial charge in [-0.25, -0.2) is 13.4 Å². The van der Waals surface area contributed by atoms with Gasteiger partial charge in [0.25, 0.3) is 0 Å². The second-order valence-electron chi connectivity index (χ2n) is 11.1. The fraction of sp³-hybridized carbons (Fsp3) is 0.643. The molecule has 2 aromatic heterocycles. The smallest absolute Gasteiger partial charge is 0.150 e. The van der Waals surface area contributed by atoms with E-state index < -0.39 is 9.84 Å². The third-order valence-corrected chi connectivity index (χ3v) is 10.6. The minimum atomic E-state index is -2.82. The summed E-state index contributed by atoms with van der Waals surface area (Å²) in [6, 6.07) is 6.65. The van der Waals surface area contributed by atoms with Gasteiger partial charge in [0.1, 0.15) is 15.7 Å². The SMILES string of the molecule is O=S1(=O)CCC(NC2CCC(Cc3cc(-c4nc(NCC5CCOCC5)ccc4Cl)c(Cl)cn3)CC2)CC1. The summed E-state index contributed by atoms with van der Waals surface area (Å²) in [6.07, 6.45) is 10.7. The maximum absolute atomic E-state index is 11.7. The summed E-state index contributed by atoms with van der Waals surface area (Å²) in [6.45, 7) is 2.52. The molecule has 5 rings (SSSR count). The van der Waals surface area contributed by atoms with Gasteiger partial charge < -0.3 is 15.4 Å². The number of aromatic nitrogens is 2. The van der Waals surface area contributed by atoms with Gasteiger partial charge in [-0.1, -0.05) is 23.2 Å². The van der Waals surface area contributed by atoms with Crippen LogP contribution in [0.1, 0.15) is 57.1 Å². The minimum Gasteiger partial charge on any atom is -0.381 e. The average molecular weight is 582 g/mol. The summed E-state index contributed by atoms with van der Waals surface area (Å²) in [5.41, 5.74) is 2.51. The molecule has 0 radical (unpaired) electrons. The first-order valence-corrected chi connectivity index (χ1v) is 16.5. The largest absolute Gasteiger partial charge is 0.381 e. The molecule has 0 unspecified atom stereocenters. The van der Waals surface area contributed by atoms with E-state index in [0.29, 0.717) is 51.2 Å². The first-order chi connectivity index (χ1) is 18.3. The number of hydrogen-bond acceptors (Lipinski definition) is 7. The van der Waals surface area contributed by atoms with E-state index in [4.69, 9.17) is 32.9 Å². The van der Waals surface area contributed by atoms with E-state index in [1.807, 2.05) is 18.2 Å². The number of rotatable bonds is 8. The van der Waals surface area contributed by atoms with Crippen LogP contribution in [-0.2, 0) is 21.0 Å². The lowest BCUT2D eigenvalue weighted by Crippen LogP contribution is -2.44. The van der Waals surface area contributed by atoms with Gasteiger partial charge in [-0.2, -0.15) is 0 Å². The first-order valence-electron chi connectivity index (χ1n) is 13.9. The Bertz CT molecular complexity index is 1180. The van der Waals surface area contributed by atoms with Crippen molar-refractivity contribution in [2.75, 3.05) is 36.6 Å². The van der Waals surface area contributed by atoms with Crippen LogP contribution < -0.4 is 10.6 Å². The van der Waals surface area contributed by atoms with Crippen molar-refractivity contribution in [1.29, 1.82) is 0 Å². The van der Waals surface area contributed by atoms with Crippen molar-refractivity contribution in [1.82, 2.24) is 15.3 Å². The molecule has 2 N–H and O–H groups in total. The van der Waals surface area contributed by atoms with Crippen molar-refractivity contribution in [3.05, 3.63) is 40.1 Å². The quantitative estimate of drug-likeness (QED) is 0.422. The Morgan fingerprint density at radius 2 is 1.61 bits per heavy atom. The van der Waals surface area contributed by atoms with Crippen molar-refractivity contribution in [2.24, 2.45) is 11.8 Å². The Morgan fingerprint density at radius 3 is 2.34 bits per heavy atom. The Balaban J connectivity index is 1.17. The summed E-state index contributed by atoms with van der Waals surface area (Å²) < 4.78 is 28.9. The van der Waals surface area contributed by atoms with Crippen LogP contribution in [0.4, 0.5) is 5.82 Å². The Hall–Kier alpha value is -1.45. The molecule has 0 aromatic carbocycles. The average Bonchev–Trinajstić information content (AvgIpc) is 2.92. The number of nitrogens with one attached hydrogen (secondary N) is 2. The summed E-state index contributed by atoms with van der Waals surface area (Å²) in [7, 11) is -2.82. The van der Waals surface area contributed by atoms with Gasteiger partial charge in [-0.15, -0.1) is 0 Å². The molecule has 7 nitrogen and oxygen atoms in total. The third-order valence-electron chi connectivity index (χ3n) is 8.30. The maximum atomic E-state index is 11.7. The summed E-state index contributed by atoms with van der Waals surface area (Å²) in [4.78, 5) is 9.45. The van der Waals surface area contributed by atoms with Gasteiger partial charge in [-0.05, 0) is 87.8 Å². The van der Waals surface area contributed by atoms with Gasteiger partial charge in [0.15, 0.2) is 0 Å². The number of anilines is 1. The van der Waals surface area contributed by atoms with Gasteiger partial charge in [0.05, 0.1) is 27.2 Å². The Kier molecular flexibility index (Phi) is 9.47. The van der Waals surface area contributed by atoms with Crippen molar-refractivity contribution in [2.45, 2.75) is 69.9 Å². The van der Waals surface area contributed by atoms with Gasteiger partial charge in [0, 0.05) is 49.3 Å². The normalized spacial score (nSPS) is 24.8. The predicted octanol–water partition coefficient (Wildman–Crippen LogP) is 5.56. The van der Waals surface area contributed by atoms with E-state index in [2.05, 4.69) is 15.6 Å². The lowest BCUT2D eigenvalue weighted by Gasteiger charge is -2.33. The predicted molar refractivity (Wildman–Crippen MR) is 154 cm³/mol. The topological polar surface area (TPSA) is 93.2 Å². The highest BCUT2D eigenvalue weighted by Crippen LogP contribution is 2.35. The fourth-order valence-corrected chi connectivity index (χ4v) is 7.81. The van der Waals surface area contributed by atoms with Crippen LogP contribution in [-0.4, -0.2) is 61.7 Å². The highest BCUT2D eigenvalue weighted by molar-refractivity contribution is 7.91. The van der Waals surface area contributed by atoms with E-state index in [1.165, 1.54) is 0 Å². The van der Waals surface area contributed by atoms with E-state index in [1.54, 1.807) is 6.20 Å². The molecule has 4 heterocycles. The molecular weight excluding hydrogens is 543 g/mol. The maximum Gasteiger partial charge on any atom is 0.150 e. The molecule has 2 saturated heterocycles. The number of ether oxygens (including phenoxy) is 1. The highest BCUT2D eigenvalue weighted by atomic mass is 35.5. The molecule has 0 spiro atoms. The van der Waals surface area contributed by atoms with Crippen molar-refractivity contribution in [3.63, 3.8) is 0 Å². The Morgan fingerprint density at radius 1 is 0.895 bits per heavy atom. The molecule has 208 valence electrons. The fourth-order valence-electron chi connectivity index (χ4n) is 5.92. The summed E-state index contributed by atoms with van der Waals surface area (Å²) in [5, 5.41) is 8.32. The number of pyridine rings is 2. The van der Waals surface area contributed by atoms with E-state index >= 15 is 0 Å². The van der Waals surface area contributed by atoms with Crippen molar-refractivity contribution in [3.8, 4) is 11.3 Å². The third kappa shape index (κ3) is 7.60. The van der Waals surface area contributed by atoms with Crippen LogP contribution in [0.5, 0.6) is 0 Å². The van der Waals surface area contributed by atoms with E-state index in [0.717, 1.165) is 94.6 Å². The minimum absolute atomic E-state index is 0.318. The van der Waals surface area contributed by atoms with Gasteiger partial charge in [0.2, 0.25) is 0 Å². The first kappa shape index (κ1) is 28.1. The molecule has 2 aliphatic heterocycles. The standard InChI is InChI=1S/C28H38Cl2N4O3S/c29-25-5-6-27(32-17-20-7-11-37-12-8-20)34-28(25)24-16-23(31-18-26(24)30)15-19-1-3-21(4-2-19)33-22-9-13-38(35,36)14-10-22/h5-6,16,18-22,33H,1-4,7-15,17H2,(H,32,34). The molecular formula is C28H38Cl2N4O3S. The highest BCUT2D eigenvalue weighted by Gasteiger charge is 2.28. The Labute approximate surface area is 236 Å². The zero-order valence-electron chi connectivity index (χ0n) is 21.8. The van der Waals surface area contributed by atoms with Crippen molar-refractivity contribution < 1.29 is 13.2 Å². The van der Waals surface area contributed by atoms with Crippen LogP contribution in [0.3, 0.4) is 0 Å². The number of sulfone groups is 1. The molecule has 0 atom stereocenters. The number of halogens is 2. The molecule has 3 aliphatic rings. The van der Waals surface area contributed by atoms with Gasteiger partial charge >= 0.3 is 0 Å². The molecule has 38 heavy (non-hydrogen) atoms. The molecule has 10 heteroatoms. The van der Waals surface area contributed by atoms with Gasteiger partial charge in [-0.3, -0.25) is 4.98 Å². The number of nitrogens with zero attached hydrogens (tertiary/aromatic N) is 2. The van der Waals surface area contributed by atoms with Crippen molar-refractivity contribution >= 4 is 38.9 Å². The molecule has 2 aromatic rings. The molecule has 1 aliphatic carbocycles. The second-order valence-corrected chi connectivity index (χ2v) is 14.3. The molecule has 1 saturated carbocycles. The van der Waals surface area contributed by atoms with E-state index in [9.17, 15) is 8.42 Å². The summed E-state index contributed by atoms with van der Waals surface area (Å²) >= 11 is 13.2. The monoisotopic (exact) mass is 580 g/mol. The molecule has 0 amide bonds. The van der Waals surface area contributed by atoms with Crippen LogP contribution >= 0.6 is 23.2 Å². The lowest BCUT2D eigenvalue weighted by atomic mass is 9.82. The van der Waals surface area contributed by atoms with Crippen LogP contribution in [0.25, 0.3) is 11.3 Å². The molecule has 0 bridgehead atoms. The number of hydrogen-bond donors (Lipinski definition) is 2. The van der Waals surface area contributed by atoms with Crippen LogP contribution in [0.2, 0.25) is 10.0 Å².